The molecule has 0 aliphatic carbocycles. The molecule has 0 unspecified atom stereocenters. The molecule has 0 saturated carbocycles. The van der Waals surface area contributed by atoms with E-state index in [4.69, 9.17) is 9.47 Å². The minimum atomic E-state index is -0.310. The number of hydrogen-bond donors (Lipinski definition) is 0. The second-order valence-electron chi connectivity index (χ2n) is 3.96. The summed E-state index contributed by atoms with van der Waals surface area (Å²) in [5, 5.41) is 0. The van der Waals surface area contributed by atoms with Crippen LogP contribution in [0.3, 0.4) is 0 Å². The van der Waals surface area contributed by atoms with E-state index in [1.807, 2.05) is 26.8 Å². The van der Waals surface area contributed by atoms with Crippen LogP contribution in [0.5, 0.6) is 11.5 Å². The zero-order chi connectivity index (χ0) is 13.0. The highest BCUT2D eigenvalue weighted by Crippen LogP contribution is 2.33. The quantitative estimate of drug-likeness (QED) is 0.456. The van der Waals surface area contributed by atoms with Crippen LogP contribution in [0, 0.1) is 20.8 Å². The van der Waals surface area contributed by atoms with E-state index in [0.29, 0.717) is 12.4 Å². The van der Waals surface area contributed by atoms with Crippen LogP contribution in [0.4, 0.5) is 0 Å². The average Bonchev–Trinajstić information content (AvgIpc) is 2.27. The highest BCUT2D eigenvalue weighted by molar-refractivity contribution is 5.71. The second-order valence-corrected chi connectivity index (χ2v) is 3.96. The third-order valence-corrected chi connectivity index (χ3v) is 2.58. The first kappa shape index (κ1) is 13.3. The molecule has 0 saturated heterocycles. The molecule has 1 rings (SSSR count). The Morgan fingerprint density at radius 2 is 2.00 bits per heavy atom. The Morgan fingerprint density at radius 1 is 1.35 bits per heavy atom. The molecule has 0 radical (unpaired) electrons. The first-order valence-electron chi connectivity index (χ1n) is 5.50. The standard InChI is InChI=1S/C14H18O3/c1-6-7-16-13-8-9(2)14(17-12(5)15)11(4)10(13)3/h6,8H,1,7H2,2-5H3. The Kier molecular flexibility index (Phi) is 4.32. The number of carbonyl (C=O) groups is 1. The lowest BCUT2D eigenvalue weighted by Crippen LogP contribution is -2.06. The molecule has 0 aliphatic heterocycles. The Hall–Kier alpha value is -1.77. The summed E-state index contributed by atoms with van der Waals surface area (Å²) in [6, 6.07) is 1.88. The summed E-state index contributed by atoms with van der Waals surface area (Å²) in [6.07, 6.45) is 1.70. The van der Waals surface area contributed by atoms with Gasteiger partial charge in [0.1, 0.15) is 18.1 Å². The molecular formula is C14H18O3. The molecule has 0 aliphatic rings. The zero-order valence-corrected chi connectivity index (χ0v) is 10.8. The van der Waals surface area contributed by atoms with Gasteiger partial charge in [0, 0.05) is 6.92 Å². The third kappa shape index (κ3) is 3.09. The molecule has 0 N–H and O–H groups in total. The van der Waals surface area contributed by atoms with E-state index in [9.17, 15) is 4.79 Å². The lowest BCUT2D eigenvalue weighted by molar-refractivity contribution is -0.131. The van der Waals surface area contributed by atoms with Gasteiger partial charge in [0.25, 0.3) is 0 Å². The van der Waals surface area contributed by atoms with Crippen molar-refractivity contribution in [3.05, 3.63) is 35.4 Å². The van der Waals surface area contributed by atoms with Crippen LogP contribution in [0.1, 0.15) is 23.6 Å². The van der Waals surface area contributed by atoms with Gasteiger partial charge in [-0.25, -0.2) is 0 Å². The van der Waals surface area contributed by atoms with Gasteiger partial charge in [-0.2, -0.15) is 0 Å². The van der Waals surface area contributed by atoms with Gasteiger partial charge < -0.3 is 9.47 Å². The van der Waals surface area contributed by atoms with E-state index >= 15 is 0 Å². The third-order valence-electron chi connectivity index (χ3n) is 2.58. The Balaban J connectivity index is 3.16. The minimum absolute atomic E-state index is 0.310. The molecule has 0 atom stereocenters. The van der Waals surface area contributed by atoms with E-state index in [1.165, 1.54) is 6.92 Å². The number of esters is 1. The fraction of sp³-hybridized carbons (Fsp3) is 0.357. The van der Waals surface area contributed by atoms with Gasteiger partial charge >= 0.3 is 5.97 Å². The Morgan fingerprint density at radius 3 is 2.53 bits per heavy atom. The van der Waals surface area contributed by atoms with Gasteiger partial charge in [0.2, 0.25) is 0 Å². The van der Waals surface area contributed by atoms with Crippen LogP contribution in [0.25, 0.3) is 0 Å². The maximum absolute atomic E-state index is 11.0. The molecule has 0 heterocycles. The summed E-state index contributed by atoms with van der Waals surface area (Å²) in [5.41, 5.74) is 2.80. The summed E-state index contributed by atoms with van der Waals surface area (Å²) < 4.78 is 10.8. The van der Waals surface area contributed by atoms with E-state index in [1.54, 1.807) is 6.08 Å². The first-order valence-corrected chi connectivity index (χ1v) is 5.50. The molecule has 17 heavy (non-hydrogen) atoms. The largest absolute Gasteiger partial charge is 0.489 e. The van der Waals surface area contributed by atoms with Crippen LogP contribution in [0.2, 0.25) is 0 Å². The SMILES string of the molecule is C=CCOc1cc(C)c(OC(C)=O)c(C)c1C. The minimum Gasteiger partial charge on any atom is -0.489 e. The number of ether oxygens (including phenoxy) is 2. The summed E-state index contributed by atoms with van der Waals surface area (Å²) in [4.78, 5) is 11.0. The van der Waals surface area contributed by atoms with Gasteiger partial charge in [0.15, 0.2) is 0 Å². The monoisotopic (exact) mass is 234 g/mol. The van der Waals surface area contributed by atoms with E-state index in [2.05, 4.69) is 6.58 Å². The van der Waals surface area contributed by atoms with Crippen molar-refractivity contribution in [1.82, 2.24) is 0 Å². The van der Waals surface area contributed by atoms with Gasteiger partial charge in [-0.05, 0) is 43.5 Å². The molecule has 0 amide bonds. The van der Waals surface area contributed by atoms with Crippen molar-refractivity contribution < 1.29 is 14.3 Å². The molecule has 92 valence electrons. The normalized spacial score (nSPS) is 9.88. The maximum atomic E-state index is 11.0. The predicted molar refractivity (Wildman–Crippen MR) is 67.7 cm³/mol. The molecular weight excluding hydrogens is 216 g/mol. The lowest BCUT2D eigenvalue weighted by atomic mass is 10.0. The van der Waals surface area contributed by atoms with E-state index in [0.717, 1.165) is 22.4 Å². The number of hydrogen-bond acceptors (Lipinski definition) is 3. The van der Waals surface area contributed by atoms with Gasteiger partial charge in [-0.3, -0.25) is 4.79 Å². The molecule has 0 aromatic heterocycles. The predicted octanol–water partition coefficient (Wildman–Crippen LogP) is 3.10. The lowest BCUT2D eigenvalue weighted by Gasteiger charge is -2.15. The van der Waals surface area contributed by atoms with Crippen LogP contribution in [0.15, 0.2) is 18.7 Å². The van der Waals surface area contributed by atoms with Crippen molar-refractivity contribution in [3.8, 4) is 11.5 Å². The summed E-state index contributed by atoms with van der Waals surface area (Å²) in [5.74, 6) is 1.12. The van der Waals surface area contributed by atoms with Crippen molar-refractivity contribution in [2.45, 2.75) is 27.7 Å². The van der Waals surface area contributed by atoms with Crippen LogP contribution < -0.4 is 9.47 Å². The summed E-state index contributed by atoms with van der Waals surface area (Å²) in [7, 11) is 0. The Labute approximate surface area is 102 Å². The number of benzene rings is 1. The van der Waals surface area contributed by atoms with Crippen molar-refractivity contribution in [3.63, 3.8) is 0 Å². The second kappa shape index (κ2) is 5.53. The topological polar surface area (TPSA) is 35.5 Å². The molecule has 1 aromatic carbocycles. The summed E-state index contributed by atoms with van der Waals surface area (Å²) in [6.45, 7) is 11.2. The Bertz CT molecular complexity index is 447. The molecule has 3 heteroatoms. The maximum Gasteiger partial charge on any atom is 0.308 e. The molecule has 3 nitrogen and oxygen atoms in total. The highest BCUT2D eigenvalue weighted by atomic mass is 16.5. The fourth-order valence-corrected chi connectivity index (χ4v) is 1.62. The van der Waals surface area contributed by atoms with Crippen molar-refractivity contribution in [2.24, 2.45) is 0 Å². The van der Waals surface area contributed by atoms with Crippen molar-refractivity contribution in [1.29, 1.82) is 0 Å². The van der Waals surface area contributed by atoms with Gasteiger partial charge in [-0.1, -0.05) is 12.7 Å². The summed E-state index contributed by atoms with van der Waals surface area (Å²) >= 11 is 0. The van der Waals surface area contributed by atoms with E-state index in [-0.39, 0.29) is 5.97 Å². The number of aryl methyl sites for hydroxylation is 1. The van der Waals surface area contributed by atoms with Gasteiger partial charge in [-0.15, -0.1) is 0 Å². The molecule has 1 aromatic rings. The number of carbonyl (C=O) groups excluding carboxylic acids is 1. The fourth-order valence-electron chi connectivity index (χ4n) is 1.62. The molecule has 0 spiro atoms. The van der Waals surface area contributed by atoms with E-state index < -0.39 is 0 Å². The van der Waals surface area contributed by atoms with Gasteiger partial charge in [0.05, 0.1) is 0 Å². The first-order chi connectivity index (χ1) is 7.97. The van der Waals surface area contributed by atoms with Crippen molar-refractivity contribution >= 4 is 5.97 Å². The number of rotatable bonds is 4. The molecule has 0 fully saturated rings. The highest BCUT2D eigenvalue weighted by Gasteiger charge is 2.13. The average molecular weight is 234 g/mol. The van der Waals surface area contributed by atoms with Crippen molar-refractivity contribution in [2.75, 3.05) is 6.61 Å². The van der Waals surface area contributed by atoms with Crippen LogP contribution in [-0.2, 0) is 4.79 Å². The van der Waals surface area contributed by atoms with Crippen LogP contribution >= 0.6 is 0 Å². The smallest absolute Gasteiger partial charge is 0.308 e. The zero-order valence-electron chi connectivity index (χ0n) is 10.8. The van der Waals surface area contributed by atoms with Crippen LogP contribution in [-0.4, -0.2) is 12.6 Å². The molecule has 0 bridgehead atoms.